The molecule has 1 heteroatoms. The number of rotatable bonds is 0. The number of hydrogen-bond acceptors (Lipinski definition) is 0. The summed E-state index contributed by atoms with van der Waals surface area (Å²) in [7, 11) is 0. The van der Waals surface area contributed by atoms with Crippen molar-refractivity contribution in [2.45, 2.75) is 71.5 Å². The van der Waals surface area contributed by atoms with Gasteiger partial charge in [-0.1, -0.05) is 0 Å². The SMILES string of the molecule is C1=C2CCC3=CC4=C(CCCC4)[CH]3[Zr][CH]2C2=C1CCCC2. The summed E-state index contributed by atoms with van der Waals surface area (Å²) in [5.74, 6) is 0. The second-order valence-corrected chi connectivity index (χ2v) is 11.1. The van der Waals surface area contributed by atoms with Crippen molar-refractivity contribution in [1.29, 1.82) is 0 Å². The molecule has 0 spiro atoms. The minimum absolute atomic E-state index is 0.383. The Morgan fingerprint density at radius 1 is 0.619 bits per heavy atom. The van der Waals surface area contributed by atoms with Crippen molar-refractivity contribution < 1.29 is 23.2 Å². The van der Waals surface area contributed by atoms with Crippen LogP contribution in [0.5, 0.6) is 0 Å². The van der Waals surface area contributed by atoms with Gasteiger partial charge < -0.3 is 0 Å². The summed E-state index contributed by atoms with van der Waals surface area (Å²) in [5, 5.41) is 0. The molecule has 2 unspecified atom stereocenters. The normalized spacial score (nSPS) is 34.3. The van der Waals surface area contributed by atoms with E-state index >= 15 is 0 Å². The molecule has 1 fully saturated rings. The molecule has 4 aliphatic carbocycles. The van der Waals surface area contributed by atoms with Crippen LogP contribution in [0.2, 0.25) is 7.25 Å². The Morgan fingerprint density at radius 2 is 1.10 bits per heavy atom. The molecule has 2 atom stereocenters. The molecule has 108 valence electrons. The number of allylic oxidation sites excluding steroid dienone is 8. The van der Waals surface area contributed by atoms with Gasteiger partial charge in [-0.2, -0.15) is 0 Å². The molecule has 0 aromatic heterocycles. The van der Waals surface area contributed by atoms with Gasteiger partial charge in [-0.05, 0) is 0 Å². The van der Waals surface area contributed by atoms with E-state index < -0.39 is 0 Å². The van der Waals surface area contributed by atoms with Crippen molar-refractivity contribution in [1.82, 2.24) is 0 Å². The van der Waals surface area contributed by atoms with Crippen molar-refractivity contribution in [2.24, 2.45) is 0 Å². The number of hydrogen-bond donors (Lipinski definition) is 0. The summed E-state index contributed by atoms with van der Waals surface area (Å²) in [6.45, 7) is 0. The molecule has 0 N–H and O–H groups in total. The first-order valence-electron chi connectivity index (χ1n) is 9.01. The Morgan fingerprint density at radius 3 is 1.62 bits per heavy atom. The Bertz CT molecular complexity index is 560. The fraction of sp³-hybridized carbons (Fsp3) is 0.600. The van der Waals surface area contributed by atoms with Gasteiger partial charge in [-0.3, -0.25) is 0 Å². The second-order valence-electron chi connectivity index (χ2n) is 7.49. The van der Waals surface area contributed by atoms with Crippen LogP contribution in [0.15, 0.2) is 45.6 Å². The van der Waals surface area contributed by atoms with E-state index in [9.17, 15) is 0 Å². The zero-order valence-corrected chi connectivity index (χ0v) is 15.3. The van der Waals surface area contributed by atoms with E-state index in [0.29, 0.717) is 0 Å². The average Bonchev–Trinajstić information content (AvgIpc) is 3.00. The van der Waals surface area contributed by atoms with Gasteiger partial charge in [0.15, 0.2) is 0 Å². The third-order valence-corrected chi connectivity index (χ3v) is 11.5. The molecule has 1 heterocycles. The van der Waals surface area contributed by atoms with Gasteiger partial charge in [-0.25, -0.2) is 0 Å². The summed E-state index contributed by atoms with van der Waals surface area (Å²) in [4.78, 5) is 0. The van der Waals surface area contributed by atoms with E-state index in [1.807, 2.05) is 22.3 Å². The molecule has 21 heavy (non-hydrogen) atoms. The van der Waals surface area contributed by atoms with Crippen molar-refractivity contribution in [2.75, 3.05) is 0 Å². The van der Waals surface area contributed by atoms with E-state index in [1.54, 1.807) is 11.1 Å². The molecule has 0 saturated carbocycles. The van der Waals surface area contributed by atoms with Crippen molar-refractivity contribution in [3.63, 3.8) is 0 Å². The maximum atomic E-state index is 2.66. The van der Waals surface area contributed by atoms with Gasteiger partial charge >= 0.3 is 140 Å². The molecular formula is C20H24Zr. The zero-order chi connectivity index (χ0) is 13.8. The van der Waals surface area contributed by atoms with Crippen molar-refractivity contribution in [3.05, 3.63) is 45.6 Å². The Balaban J connectivity index is 1.50. The summed E-state index contributed by atoms with van der Waals surface area (Å²) in [5.41, 5.74) is 11.2. The molecular weight excluding hydrogens is 331 g/mol. The second kappa shape index (κ2) is 5.19. The predicted molar refractivity (Wildman–Crippen MR) is 83.9 cm³/mol. The minimum atomic E-state index is -0.383. The molecule has 0 bridgehead atoms. The summed E-state index contributed by atoms with van der Waals surface area (Å²) < 4.78 is 2.02. The van der Waals surface area contributed by atoms with Gasteiger partial charge in [0.05, 0.1) is 0 Å². The van der Waals surface area contributed by atoms with E-state index in [1.165, 1.54) is 64.2 Å². The van der Waals surface area contributed by atoms with Crippen molar-refractivity contribution in [3.8, 4) is 0 Å². The molecule has 0 radical (unpaired) electrons. The molecule has 5 rings (SSSR count). The monoisotopic (exact) mass is 354 g/mol. The molecule has 1 aliphatic heterocycles. The van der Waals surface area contributed by atoms with E-state index in [0.717, 1.165) is 7.25 Å². The van der Waals surface area contributed by atoms with Crippen LogP contribution in [-0.4, -0.2) is 0 Å². The fourth-order valence-corrected chi connectivity index (χ4v) is 10.9. The predicted octanol–water partition coefficient (Wildman–Crippen LogP) is 6.06. The van der Waals surface area contributed by atoms with E-state index in [4.69, 9.17) is 0 Å². The van der Waals surface area contributed by atoms with Crippen LogP contribution in [0, 0.1) is 0 Å². The van der Waals surface area contributed by atoms with Crippen molar-refractivity contribution >= 4 is 0 Å². The Kier molecular flexibility index (Phi) is 3.29. The molecule has 0 aromatic rings. The van der Waals surface area contributed by atoms with Crippen LogP contribution in [0.3, 0.4) is 0 Å². The van der Waals surface area contributed by atoms with Crippen LogP contribution in [-0.2, 0) is 23.2 Å². The first kappa shape index (κ1) is 13.3. The van der Waals surface area contributed by atoms with Crippen LogP contribution >= 0.6 is 0 Å². The maximum absolute atomic E-state index is 2.66. The first-order valence-corrected chi connectivity index (χ1v) is 11.8. The summed E-state index contributed by atoms with van der Waals surface area (Å²) in [6, 6.07) is 0. The zero-order valence-electron chi connectivity index (χ0n) is 12.9. The molecule has 5 aliphatic rings. The first-order chi connectivity index (χ1) is 10.4. The summed E-state index contributed by atoms with van der Waals surface area (Å²) in [6.07, 6.45) is 19.6. The Labute approximate surface area is 140 Å². The topological polar surface area (TPSA) is 0 Å². The van der Waals surface area contributed by atoms with Crippen LogP contribution < -0.4 is 0 Å². The van der Waals surface area contributed by atoms with Crippen LogP contribution in [0.1, 0.15) is 64.2 Å². The third kappa shape index (κ3) is 2.10. The van der Waals surface area contributed by atoms with E-state index in [-0.39, 0.29) is 23.2 Å². The summed E-state index contributed by atoms with van der Waals surface area (Å²) >= 11 is -0.383. The molecule has 0 aromatic carbocycles. The molecule has 1 saturated heterocycles. The van der Waals surface area contributed by atoms with Gasteiger partial charge in [-0.15, -0.1) is 0 Å². The van der Waals surface area contributed by atoms with E-state index in [2.05, 4.69) is 12.2 Å². The molecule has 0 amide bonds. The van der Waals surface area contributed by atoms with Gasteiger partial charge in [0.25, 0.3) is 0 Å². The van der Waals surface area contributed by atoms with Gasteiger partial charge in [0.1, 0.15) is 0 Å². The molecule has 0 nitrogen and oxygen atoms in total. The Hall–Kier alpha value is -0.157. The standard InChI is InChI=1S/C20H24.Zr/c1-2-6-18-12-15(11-17(18)5-1)9-10-16-13-19-7-3-4-8-20(19)14-16;/h11-14H,1-10H2;. The third-order valence-electron chi connectivity index (χ3n) is 6.30. The quantitative estimate of drug-likeness (QED) is 0.495. The number of fused-ring (bicyclic) bond motifs is 4. The fourth-order valence-electron chi connectivity index (χ4n) is 5.26. The average molecular weight is 356 g/mol. The van der Waals surface area contributed by atoms with Crippen LogP contribution in [0.4, 0.5) is 0 Å². The van der Waals surface area contributed by atoms with Gasteiger partial charge in [0.2, 0.25) is 0 Å². The van der Waals surface area contributed by atoms with Gasteiger partial charge in [0, 0.05) is 0 Å². The van der Waals surface area contributed by atoms with Crippen LogP contribution in [0.25, 0.3) is 0 Å².